The Balaban J connectivity index is 3.53. The molecular weight excluding hydrogens is 373 g/mol. The number of alkyl halides is 1. The number of halogens is 1. The van der Waals surface area contributed by atoms with Crippen LogP contribution in [0.4, 0.5) is 5.69 Å². The van der Waals surface area contributed by atoms with Gasteiger partial charge in [0.25, 0.3) is 0 Å². The molecule has 7 nitrogen and oxygen atoms in total. The molecule has 0 spiro atoms. The first-order valence-corrected chi connectivity index (χ1v) is 10.1. The van der Waals surface area contributed by atoms with Crippen molar-refractivity contribution in [2.45, 2.75) is 5.33 Å². The first-order chi connectivity index (χ1) is 8.98. The molecule has 0 aliphatic rings. The van der Waals surface area contributed by atoms with Gasteiger partial charge in [-0.25, -0.2) is 16.8 Å². The number of sulfonamides is 2. The van der Waals surface area contributed by atoms with Gasteiger partial charge >= 0.3 is 7.12 Å². The number of hydrogen-bond acceptors (Lipinski definition) is 6. The summed E-state index contributed by atoms with van der Waals surface area (Å²) in [6.07, 6.45) is 1.55. The van der Waals surface area contributed by atoms with E-state index in [4.69, 9.17) is 10.0 Å². The molecule has 20 heavy (non-hydrogen) atoms. The van der Waals surface area contributed by atoms with E-state index < -0.39 is 27.2 Å². The summed E-state index contributed by atoms with van der Waals surface area (Å²) in [4.78, 5) is 0. The van der Waals surface area contributed by atoms with Gasteiger partial charge in [-0.15, -0.1) is 0 Å². The van der Waals surface area contributed by atoms with Gasteiger partial charge in [0.05, 0.1) is 18.2 Å². The van der Waals surface area contributed by atoms with Crippen molar-refractivity contribution >= 4 is 54.2 Å². The standard InChI is InChI=1S/C9H13BBrNO6S2/c1-19(15,16)12(20(2,17)18)8-3-4-9(10(13)14)7(5-8)6-11/h3-5,13-14H,6H2,1-2H3. The highest BCUT2D eigenvalue weighted by molar-refractivity contribution is 9.08. The predicted molar refractivity (Wildman–Crippen MR) is 81.1 cm³/mol. The first-order valence-electron chi connectivity index (χ1n) is 5.24. The third kappa shape index (κ3) is 3.95. The molecule has 1 rings (SSSR count). The lowest BCUT2D eigenvalue weighted by Gasteiger charge is -2.21. The van der Waals surface area contributed by atoms with Crippen LogP contribution in [-0.2, 0) is 25.4 Å². The molecular formula is C9H13BBrNO6S2. The zero-order valence-corrected chi connectivity index (χ0v) is 13.9. The molecule has 0 aromatic heterocycles. The molecule has 0 fully saturated rings. The molecule has 2 N–H and O–H groups in total. The summed E-state index contributed by atoms with van der Waals surface area (Å²) in [7, 11) is -9.79. The number of hydrogen-bond donors (Lipinski definition) is 2. The highest BCUT2D eigenvalue weighted by atomic mass is 79.9. The minimum atomic E-state index is -4.03. The fourth-order valence-electron chi connectivity index (χ4n) is 1.70. The van der Waals surface area contributed by atoms with Crippen molar-refractivity contribution < 1.29 is 26.9 Å². The Hall–Kier alpha value is -0.615. The van der Waals surface area contributed by atoms with E-state index >= 15 is 0 Å². The fraction of sp³-hybridized carbons (Fsp3) is 0.333. The molecule has 1 aromatic rings. The van der Waals surface area contributed by atoms with Gasteiger partial charge in [-0.2, -0.15) is 3.71 Å². The first kappa shape index (κ1) is 17.4. The minimum absolute atomic E-state index is 0.0890. The van der Waals surface area contributed by atoms with Gasteiger partial charge in [0.15, 0.2) is 0 Å². The van der Waals surface area contributed by atoms with Crippen molar-refractivity contribution in [3.05, 3.63) is 23.8 Å². The van der Waals surface area contributed by atoms with Crippen LogP contribution < -0.4 is 9.17 Å². The smallest absolute Gasteiger partial charge is 0.423 e. The Morgan fingerprint density at radius 2 is 1.65 bits per heavy atom. The Labute approximate surface area is 126 Å². The maximum absolute atomic E-state index is 11.6. The molecule has 0 heterocycles. The highest BCUT2D eigenvalue weighted by Crippen LogP contribution is 2.22. The van der Waals surface area contributed by atoms with Crippen LogP contribution in [0, 0.1) is 0 Å². The van der Waals surface area contributed by atoms with Crippen LogP contribution in [0.5, 0.6) is 0 Å². The predicted octanol–water partition coefficient (Wildman–Crippen LogP) is -1.01. The van der Waals surface area contributed by atoms with Crippen LogP contribution >= 0.6 is 15.9 Å². The molecule has 112 valence electrons. The summed E-state index contributed by atoms with van der Waals surface area (Å²) in [6, 6.07) is 3.73. The maximum atomic E-state index is 11.6. The van der Waals surface area contributed by atoms with Crippen LogP contribution in [0.3, 0.4) is 0 Å². The fourth-order valence-corrected chi connectivity index (χ4v) is 5.15. The summed E-state index contributed by atoms with van der Waals surface area (Å²) >= 11 is 3.12. The van der Waals surface area contributed by atoms with Gasteiger partial charge in [0.1, 0.15) is 0 Å². The summed E-state index contributed by atoms with van der Waals surface area (Å²) in [5, 5.41) is 18.5. The van der Waals surface area contributed by atoms with Crippen molar-refractivity contribution in [2.75, 3.05) is 16.2 Å². The molecule has 0 aliphatic heterocycles. The molecule has 1 aromatic carbocycles. The average molecular weight is 386 g/mol. The molecule has 0 saturated heterocycles. The van der Waals surface area contributed by atoms with Crippen molar-refractivity contribution in [2.24, 2.45) is 0 Å². The number of benzene rings is 1. The van der Waals surface area contributed by atoms with Crippen LogP contribution in [-0.4, -0.2) is 46.5 Å². The van der Waals surface area contributed by atoms with E-state index in [1.807, 2.05) is 0 Å². The third-order valence-corrected chi connectivity index (χ3v) is 6.22. The molecule has 0 radical (unpaired) electrons. The molecule has 0 saturated carbocycles. The maximum Gasteiger partial charge on any atom is 0.488 e. The second kappa shape index (κ2) is 6.02. The van der Waals surface area contributed by atoms with E-state index in [9.17, 15) is 16.8 Å². The van der Waals surface area contributed by atoms with Gasteiger partial charge in [-0.3, -0.25) is 0 Å². The van der Waals surface area contributed by atoms with Crippen LogP contribution in [0.25, 0.3) is 0 Å². The lowest BCUT2D eigenvalue weighted by molar-refractivity contribution is 0.425. The van der Waals surface area contributed by atoms with Gasteiger partial charge in [0, 0.05) is 5.33 Å². The Bertz CT molecular complexity index is 671. The van der Waals surface area contributed by atoms with Crippen LogP contribution in [0.1, 0.15) is 5.56 Å². The zero-order chi connectivity index (χ0) is 15.7. The van der Waals surface area contributed by atoms with Crippen molar-refractivity contribution in [3.63, 3.8) is 0 Å². The molecule has 0 unspecified atom stereocenters. The van der Waals surface area contributed by atoms with E-state index in [2.05, 4.69) is 15.9 Å². The molecule has 0 aliphatic carbocycles. The second-order valence-electron chi connectivity index (χ2n) is 4.11. The number of anilines is 1. The van der Waals surface area contributed by atoms with Gasteiger partial charge in [0.2, 0.25) is 20.0 Å². The van der Waals surface area contributed by atoms with Crippen molar-refractivity contribution in [3.8, 4) is 0 Å². The minimum Gasteiger partial charge on any atom is -0.423 e. The number of rotatable bonds is 5. The third-order valence-electron chi connectivity index (χ3n) is 2.36. The van der Waals surface area contributed by atoms with Gasteiger partial charge in [-0.1, -0.05) is 22.0 Å². The second-order valence-corrected chi connectivity index (χ2v) is 8.57. The van der Waals surface area contributed by atoms with Crippen LogP contribution in [0.2, 0.25) is 0 Å². The van der Waals surface area contributed by atoms with Gasteiger partial charge in [-0.05, 0) is 23.2 Å². The summed E-state index contributed by atoms with van der Waals surface area (Å²) in [5.74, 6) is 0. The average Bonchev–Trinajstić information content (AvgIpc) is 2.24. The van der Waals surface area contributed by atoms with Crippen LogP contribution in [0.15, 0.2) is 18.2 Å². The molecule has 0 bridgehead atoms. The topological polar surface area (TPSA) is 112 Å². The normalized spacial score (nSPS) is 12.2. The molecule has 11 heteroatoms. The SMILES string of the molecule is CS(=O)(=O)N(c1ccc(B(O)O)c(CBr)c1)S(C)(=O)=O. The van der Waals surface area contributed by atoms with E-state index in [1.54, 1.807) is 0 Å². The lowest BCUT2D eigenvalue weighted by Crippen LogP contribution is -2.37. The van der Waals surface area contributed by atoms with E-state index in [0.717, 1.165) is 12.5 Å². The molecule has 0 atom stereocenters. The quantitative estimate of drug-likeness (QED) is 0.496. The Morgan fingerprint density at radius 3 is 2.00 bits per heavy atom. The van der Waals surface area contributed by atoms with Crippen molar-refractivity contribution in [1.82, 2.24) is 0 Å². The summed E-state index contributed by atoms with van der Waals surface area (Å²) < 4.78 is 46.8. The van der Waals surface area contributed by atoms with E-state index in [-0.39, 0.29) is 16.5 Å². The number of nitrogens with zero attached hydrogens (tertiary/aromatic N) is 1. The van der Waals surface area contributed by atoms with E-state index in [0.29, 0.717) is 9.27 Å². The zero-order valence-electron chi connectivity index (χ0n) is 10.7. The summed E-state index contributed by atoms with van der Waals surface area (Å²) in [5.41, 5.74) is 0.441. The monoisotopic (exact) mass is 385 g/mol. The Morgan fingerprint density at radius 1 is 1.15 bits per heavy atom. The molecule has 0 amide bonds. The van der Waals surface area contributed by atoms with E-state index in [1.165, 1.54) is 18.2 Å². The Kier molecular flexibility index (Phi) is 5.25. The van der Waals surface area contributed by atoms with Gasteiger partial charge < -0.3 is 10.0 Å². The lowest BCUT2D eigenvalue weighted by atomic mass is 9.77. The largest absolute Gasteiger partial charge is 0.488 e. The summed E-state index contributed by atoms with van der Waals surface area (Å²) in [6.45, 7) is 0. The highest BCUT2D eigenvalue weighted by Gasteiger charge is 2.28. The van der Waals surface area contributed by atoms with Crippen molar-refractivity contribution in [1.29, 1.82) is 0 Å².